The molecule has 0 saturated heterocycles. The minimum atomic E-state index is -1.12. The number of hydrogen-bond acceptors (Lipinski definition) is 4. The summed E-state index contributed by atoms with van der Waals surface area (Å²) >= 11 is 1.47. The van der Waals surface area contributed by atoms with Crippen molar-refractivity contribution in [1.29, 1.82) is 0 Å². The van der Waals surface area contributed by atoms with E-state index in [-0.39, 0.29) is 5.75 Å². The lowest BCUT2D eigenvalue weighted by Crippen LogP contribution is -2.45. The molecule has 0 aliphatic heterocycles. The lowest BCUT2D eigenvalue weighted by atomic mass is 9.84. The number of nitrogens with one attached hydrogen (secondary N) is 1. The van der Waals surface area contributed by atoms with Crippen LogP contribution in [0.4, 0.5) is 4.79 Å². The first-order valence-corrected chi connectivity index (χ1v) is 11.7. The third kappa shape index (κ3) is 6.17. The highest BCUT2D eigenvalue weighted by Crippen LogP contribution is 2.48. The number of hydrogen-bond donors (Lipinski definition) is 2. The van der Waals surface area contributed by atoms with Gasteiger partial charge in [0.15, 0.2) is 0 Å². The molecular formula is C27H29NO4S. The maximum absolute atomic E-state index is 12.3. The Labute approximate surface area is 199 Å². The number of carboxylic acid groups (broad SMARTS) is 1. The van der Waals surface area contributed by atoms with Gasteiger partial charge in [0, 0.05) is 5.75 Å². The third-order valence-corrected chi connectivity index (χ3v) is 6.64. The molecule has 0 fully saturated rings. The first kappa shape index (κ1) is 24.4. The zero-order chi connectivity index (χ0) is 23.9. The van der Waals surface area contributed by atoms with Gasteiger partial charge in [-0.25, -0.2) is 9.59 Å². The van der Waals surface area contributed by atoms with Crippen LogP contribution in [-0.2, 0) is 14.3 Å². The molecule has 1 atom stereocenters. The summed E-state index contributed by atoms with van der Waals surface area (Å²) in [7, 11) is 0. The van der Waals surface area contributed by atoms with Crippen LogP contribution in [0.15, 0.2) is 91.0 Å². The van der Waals surface area contributed by atoms with E-state index in [0.29, 0.717) is 0 Å². The minimum absolute atomic E-state index is 0.132. The molecule has 0 radical (unpaired) electrons. The number of ether oxygens (including phenoxy) is 1. The van der Waals surface area contributed by atoms with E-state index in [1.54, 1.807) is 20.8 Å². The highest BCUT2D eigenvalue weighted by molar-refractivity contribution is 8.00. The Kier molecular flexibility index (Phi) is 7.82. The van der Waals surface area contributed by atoms with Crippen LogP contribution < -0.4 is 5.32 Å². The van der Waals surface area contributed by atoms with Gasteiger partial charge in [-0.2, -0.15) is 0 Å². The normalized spacial score (nSPS) is 12.6. The fraction of sp³-hybridized carbons (Fsp3) is 0.259. The summed E-state index contributed by atoms with van der Waals surface area (Å²) in [6.45, 7) is 5.22. The van der Waals surface area contributed by atoms with E-state index in [2.05, 4.69) is 5.32 Å². The highest BCUT2D eigenvalue weighted by Gasteiger charge is 2.38. The summed E-state index contributed by atoms with van der Waals surface area (Å²) in [6.07, 6.45) is -0.750. The van der Waals surface area contributed by atoms with Crippen LogP contribution in [0.2, 0.25) is 0 Å². The SMILES string of the molecule is CC(C)(C)OC(=O)NC(CSC(c1ccccc1)(c1ccccc1)c1ccccc1)C(=O)O. The van der Waals surface area contributed by atoms with Crippen LogP contribution in [-0.4, -0.2) is 34.6 Å². The van der Waals surface area contributed by atoms with Gasteiger partial charge >= 0.3 is 12.1 Å². The Morgan fingerprint density at radius 2 is 1.21 bits per heavy atom. The quantitative estimate of drug-likeness (QED) is 0.420. The molecule has 3 rings (SSSR count). The third-order valence-electron chi connectivity index (χ3n) is 5.00. The fourth-order valence-corrected chi connectivity index (χ4v) is 5.15. The first-order chi connectivity index (χ1) is 15.7. The lowest BCUT2D eigenvalue weighted by Gasteiger charge is -2.36. The summed E-state index contributed by atoms with van der Waals surface area (Å²) in [6, 6.07) is 28.9. The lowest BCUT2D eigenvalue weighted by molar-refractivity contribution is -0.138. The van der Waals surface area contributed by atoms with E-state index < -0.39 is 28.5 Å². The highest BCUT2D eigenvalue weighted by atomic mass is 32.2. The molecule has 0 aromatic heterocycles. The Hall–Kier alpha value is -3.25. The maximum Gasteiger partial charge on any atom is 0.408 e. The molecule has 0 bridgehead atoms. The molecule has 0 aliphatic rings. The van der Waals surface area contributed by atoms with Gasteiger partial charge < -0.3 is 15.2 Å². The van der Waals surface area contributed by atoms with E-state index in [1.807, 2.05) is 91.0 Å². The van der Waals surface area contributed by atoms with Crippen LogP contribution in [0.1, 0.15) is 37.5 Å². The number of benzene rings is 3. The smallest absolute Gasteiger partial charge is 0.408 e. The zero-order valence-corrected chi connectivity index (χ0v) is 19.8. The molecule has 1 amide bonds. The summed E-state index contributed by atoms with van der Waals surface area (Å²) in [5.41, 5.74) is 2.35. The standard InChI is InChI=1S/C27H29NO4S/c1-26(2,3)32-25(31)28-23(24(29)30)19-33-27(20-13-7-4-8-14-20,21-15-9-5-10-16-21)22-17-11-6-12-18-22/h4-18,23H,19H2,1-3H3,(H,28,31)(H,29,30). The second kappa shape index (κ2) is 10.6. The van der Waals surface area contributed by atoms with E-state index >= 15 is 0 Å². The number of alkyl carbamates (subject to hydrolysis) is 1. The van der Waals surface area contributed by atoms with Crippen molar-refractivity contribution in [3.8, 4) is 0 Å². The molecule has 0 aliphatic carbocycles. The van der Waals surface area contributed by atoms with Gasteiger partial charge in [0.1, 0.15) is 11.6 Å². The van der Waals surface area contributed by atoms with Gasteiger partial charge in [-0.15, -0.1) is 11.8 Å². The van der Waals surface area contributed by atoms with E-state index in [1.165, 1.54) is 11.8 Å². The van der Waals surface area contributed by atoms with Crippen molar-refractivity contribution in [2.45, 2.75) is 37.2 Å². The number of carboxylic acids is 1. The van der Waals surface area contributed by atoms with Crippen molar-refractivity contribution in [2.24, 2.45) is 0 Å². The van der Waals surface area contributed by atoms with E-state index in [4.69, 9.17) is 4.74 Å². The second-order valence-corrected chi connectivity index (χ2v) is 9.86. The zero-order valence-electron chi connectivity index (χ0n) is 19.0. The molecule has 0 heterocycles. The van der Waals surface area contributed by atoms with Crippen LogP contribution >= 0.6 is 11.8 Å². The molecule has 1 unspecified atom stereocenters. The monoisotopic (exact) mass is 463 g/mol. The summed E-state index contributed by atoms with van der Waals surface area (Å²) in [5, 5.41) is 12.4. The van der Waals surface area contributed by atoms with E-state index in [9.17, 15) is 14.7 Å². The number of carbonyl (C=O) groups is 2. The maximum atomic E-state index is 12.3. The summed E-state index contributed by atoms with van der Waals surface area (Å²) in [4.78, 5) is 24.3. The van der Waals surface area contributed by atoms with Crippen LogP contribution in [0.3, 0.4) is 0 Å². The van der Waals surface area contributed by atoms with Gasteiger partial charge in [-0.3, -0.25) is 0 Å². The minimum Gasteiger partial charge on any atom is -0.480 e. The van der Waals surface area contributed by atoms with Crippen LogP contribution in [0.25, 0.3) is 0 Å². The molecule has 3 aromatic carbocycles. The van der Waals surface area contributed by atoms with Crippen molar-refractivity contribution < 1.29 is 19.4 Å². The topological polar surface area (TPSA) is 75.6 Å². The largest absolute Gasteiger partial charge is 0.480 e. The first-order valence-electron chi connectivity index (χ1n) is 10.8. The van der Waals surface area contributed by atoms with Crippen molar-refractivity contribution in [1.82, 2.24) is 5.32 Å². The van der Waals surface area contributed by atoms with Crippen molar-refractivity contribution in [3.63, 3.8) is 0 Å². The number of thioether (sulfide) groups is 1. The van der Waals surface area contributed by atoms with E-state index in [0.717, 1.165) is 16.7 Å². The second-order valence-electron chi connectivity index (χ2n) is 8.63. The molecule has 0 saturated carbocycles. The Morgan fingerprint density at radius 1 is 0.818 bits per heavy atom. The van der Waals surface area contributed by atoms with Gasteiger partial charge in [0.25, 0.3) is 0 Å². The summed E-state index contributed by atoms with van der Waals surface area (Å²) in [5.74, 6) is -0.982. The molecule has 3 aromatic rings. The van der Waals surface area contributed by atoms with Crippen molar-refractivity contribution in [3.05, 3.63) is 108 Å². The van der Waals surface area contributed by atoms with Crippen LogP contribution in [0, 0.1) is 0 Å². The van der Waals surface area contributed by atoms with Crippen LogP contribution in [0.5, 0.6) is 0 Å². The number of rotatable bonds is 8. The molecule has 2 N–H and O–H groups in total. The number of amides is 1. The predicted octanol–water partition coefficient (Wildman–Crippen LogP) is 5.69. The van der Waals surface area contributed by atoms with Gasteiger partial charge in [-0.05, 0) is 37.5 Å². The Balaban J connectivity index is 2.03. The Morgan fingerprint density at radius 3 is 1.55 bits per heavy atom. The molecule has 5 nitrogen and oxygen atoms in total. The summed E-state index contributed by atoms with van der Waals surface area (Å²) < 4.78 is 4.61. The molecule has 33 heavy (non-hydrogen) atoms. The Bertz CT molecular complexity index is 953. The molecule has 6 heteroatoms. The van der Waals surface area contributed by atoms with Crippen molar-refractivity contribution in [2.75, 3.05) is 5.75 Å². The van der Waals surface area contributed by atoms with Gasteiger partial charge in [0.05, 0.1) is 4.75 Å². The average Bonchev–Trinajstić information content (AvgIpc) is 2.79. The van der Waals surface area contributed by atoms with Gasteiger partial charge in [0.2, 0.25) is 0 Å². The average molecular weight is 464 g/mol. The van der Waals surface area contributed by atoms with Gasteiger partial charge in [-0.1, -0.05) is 91.0 Å². The number of carbonyl (C=O) groups excluding carboxylic acids is 1. The molecule has 172 valence electrons. The predicted molar refractivity (Wildman–Crippen MR) is 132 cm³/mol. The van der Waals surface area contributed by atoms with Crippen molar-refractivity contribution >= 4 is 23.8 Å². The number of aliphatic carboxylic acids is 1. The fourth-order valence-electron chi connectivity index (χ4n) is 3.60. The molecular weight excluding hydrogens is 434 g/mol. The molecule has 0 spiro atoms.